The maximum absolute atomic E-state index is 13.6. The summed E-state index contributed by atoms with van der Waals surface area (Å²) in [6.45, 7) is 3.15. The van der Waals surface area contributed by atoms with E-state index in [4.69, 9.17) is 62.6 Å². The molecule has 2 aliphatic heterocycles. The fourth-order valence-corrected chi connectivity index (χ4v) is 10.2. The average Bonchev–Trinajstić information content (AvgIpc) is 2.76. The van der Waals surface area contributed by atoms with E-state index in [9.17, 15) is 43.8 Å². The molecule has 7 rings (SSSR count). The van der Waals surface area contributed by atoms with Crippen LogP contribution in [0.2, 0.25) is 0 Å². The number of rotatable bonds is 22. The molecule has 10 atom stereocenters. The minimum atomic E-state index is -2.26. The number of carbonyl (C=O) groups is 7. The summed E-state index contributed by atoms with van der Waals surface area (Å²) in [6.07, 6.45) is -10.2. The largest absolute Gasteiger partial charge is 0.497 e. The zero-order valence-electron chi connectivity index (χ0n) is 44.4. The Labute approximate surface area is 453 Å². The van der Waals surface area contributed by atoms with Gasteiger partial charge in [-0.15, -0.1) is 0 Å². The van der Waals surface area contributed by atoms with Crippen LogP contribution in [0.5, 0.6) is 28.7 Å². The molecule has 2 amide bonds. The fourth-order valence-electron chi connectivity index (χ4n) is 10.2. The summed E-state index contributed by atoms with van der Waals surface area (Å²) in [5, 5.41) is 30.7. The number of aliphatic hydroxyl groups excluding tert-OH is 1. The molecule has 1 saturated carbocycles. The second kappa shape index (κ2) is 25.5. The van der Waals surface area contributed by atoms with Crippen LogP contribution in [-0.4, -0.2) is 137 Å². The zero-order valence-corrected chi connectivity index (χ0v) is 44.4. The number of ether oxygens (including phenoxy) is 12. The van der Waals surface area contributed by atoms with E-state index in [-0.39, 0.29) is 61.2 Å². The lowest BCUT2D eigenvalue weighted by Crippen LogP contribution is -2.64. The number of esters is 5. The number of hydrogen-bond donors (Lipinski definition) is 5. The van der Waals surface area contributed by atoms with Crippen molar-refractivity contribution in [2.24, 2.45) is 11.7 Å². The van der Waals surface area contributed by atoms with Gasteiger partial charge in [-0.3, -0.25) is 24.0 Å². The Morgan fingerprint density at radius 3 is 2.04 bits per heavy atom. The molecule has 6 N–H and O–H groups in total. The molecule has 24 heteroatoms. The molecule has 79 heavy (non-hydrogen) atoms. The summed E-state index contributed by atoms with van der Waals surface area (Å²) in [6, 6.07) is 23.2. The molecule has 2 fully saturated rings. The van der Waals surface area contributed by atoms with E-state index < -0.39 is 102 Å². The van der Waals surface area contributed by atoms with Crippen molar-refractivity contribution in [1.29, 1.82) is 0 Å². The number of hydrogen-bond acceptors (Lipinski definition) is 22. The SMILES string of the molecule is COC(=O)[C@H]1[C@@H](O)[C@@]2(O)c3c(OC)cc(OCCCCNC(=O)OCc4ccc(O[C@@H]5O[C@H](C(=O)OC)[C@@H](OC(C)=O)[C@H](OC(C)=O)[C@H]5OC(C)=O)c(NC(=O)CCN)c4)cc3O[C@@]2(c2ccc(OC)cc2)[C@@H]1c1ccccc1. The van der Waals surface area contributed by atoms with E-state index in [1.165, 1.54) is 39.5 Å². The van der Waals surface area contributed by atoms with Gasteiger partial charge in [0.05, 0.1) is 52.2 Å². The average molecular weight is 1100 g/mol. The van der Waals surface area contributed by atoms with Crippen LogP contribution in [0.15, 0.2) is 84.9 Å². The number of benzene rings is 4. The van der Waals surface area contributed by atoms with Gasteiger partial charge in [0.15, 0.2) is 29.5 Å². The summed E-state index contributed by atoms with van der Waals surface area (Å²) in [7, 11) is 5.17. The molecule has 1 aliphatic carbocycles. The molecule has 3 aliphatic rings. The number of alkyl carbamates (subject to hydrolysis) is 1. The number of aliphatic hydroxyl groups is 2. The molecular formula is C55H63N3O21. The third kappa shape index (κ3) is 12.3. The van der Waals surface area contributed by atoms with Gasteiger partial charge in [0.2, 0.25) is 18.3 Å². The van der Waals surface area contributed by atoms with Crippen molar-refractivity contribution in [2.45, 2.75) is 101 Å². The Morgan fingerprint density at radius 1 is 0.734 bits per heavy atom. The highest BCUT2D eigenvalue weighted by Gasteiger charge is 2.78. The Hall–Kier alpha value is -8.19. The van der Waals surface area contributed by atoms with Gasteiger partial charge in [-0.1, -0.05) is 48.5 Å². The van der Waals surface area contributed by atoms with Crippen LogP contribution in [-0.2, 0) is 79.7 Å². The summed E-state index contributed by atoms with van der Waals surface area (Å²) in [5.41, 5.74) is 3.09. The third-order valence-electron chi connectivity index (χ3n) is 13.4. The maximum atomic E-state index is 13.6. The van der Waals surface area contributed by atoms with Gasteiger partial charge in [-0.05, 0) is 53.8 Å². The third-order valence-corrected chi connectivity index (χ3v) is 13.4. The van der Waals surface area contributed by atoms with E-state index in [1.54, 1.807) is 60.7 Å². The second-order valence-corrected chi connectivity index (χ2v) is 18.5. The van der Waals surface area contributed by atoms with Gasteiger partial charge in [0.1, 0.15) is 41.5 Å². The van der Waals surface area contributed by atoms with Crippen molar-refractivity contribution in [3.05, 3.63) is 107 Å². The van der Waals surface area contributed by atoms with Gasteiger partial charge in [-0.25, -0.2) is 9.59 Å². The lowest BCUT2D eigenvalue weighted by Gasteiger charge is -2.43. The van der Waals surface area contributed by atoms with Crippen LogP contribution >= 0.6 is 0 Å². The number of anilines is 1. The standard InChI is InChI=1S/C55H63N3O21/c1-29(59)74-45-46(75-30(2)60)48(76-31(3)61)52(78-47(45)51(65)71-7)77-38-20-15-32(25-37(38)58-41(62)21-22-56)28-73-53(66)57-23-11-12-24-72-36-26-39(69-5)44-40(27-36)79-55(34-16-18-35(68-4)19-17-34)43(33-13-9-8-10-14-33)42(50(64)70-6)49(63)54(44,55)67/h8-10,13-20,25-27,42-43,45-49,52,63,67H,11-12,21-24,28,56H2,1-7H3,(H,57,66)(H,58,62)/t42-,43-,45+,46+,47+,48-,49-,52-,54+,55+/m1/s1. The van der Waals surface area contributed by atoms with Crippen LogP contribution in [0.4, 0.5) is 10.5 Å². The molecule has 4 aromatic carbocycles. The van der Waals surface area contributed by atoms with Gasteiger partial charge in [0.25, 0.3) is 0 Å². The number of nitrogens with two attached hydrogens (primary N) is 1. The minimum absolute atomic E-state index is 0.00935. The molecule has 0 bridgehead atoms. The van der Waals surface area contributed by atoms with Gasteiger partial charge >= 0.3 is 35.9 Å². The molecule has 2 heterocycles. The van der Waals surface area contributed by atoms with Crippen molar-refractivity contribution < 1.29 is 101 Å². The summed E-state index contributed by atoms with van der Waals surface area (Å²) >= 11 is 0. The van der Waals surface area contributed by atoms with E-state index in [2.05, 4.69) is 10.6 Å². The van der Waals surface area contributed by atoms with Gasteiger partial charge in [-0.2, -0.15) is 0 Å². The smallest absolute Gasteiger partial charge is 0.407 e. The molecule has 0 spiro atoms. The lowest BCUT2D eigenvalue weighted by atomic mass is 9.70. The maximum Gasteiger partial charge on any atom is 0.407 e. The van der Waals surface area contributed by atoms with E-state index in [1.807, 2.05) is 6.07 Å². The van der Waals surface area contributed by atoms with Crippen molar-refractivity contribution in [3.8, 4) is 28.7 Å². The topological polar surface area (TPSA) is 321 Å². The molecule has 0 aromatic heterocycles. The number of unbranched alkanes of at least 4 members (excludes halogenated alkanes) is 1. The van der Waals surface area contributed by atoms with Crippen LogP contribution in [0.1, 0.15) is 68.2 Å². The van der Waals surface area contributed by atoms with Crippen molar-refractivity contribution in [2.75, 3.05) is 53.5 Å². The first-order valence-electron chi connectivity index (χ1n) is 25.0. The van der Waals surface area contributed by atoms with Crippen molar-refractivity contribution in [1.82, 2.24) is 5.32 Å². The molecule has 0 unspecified atom stereocenters. The Morgan fingerprint density at radius 2 is 1.41 bits per heavy atom. The Kier molecular flexibility index (Phi) is 18.9. The molecule has 424 valence electrons. The molecule has 1 saturated heterocycles. The van der Waals surface area contributed by atoms with Gasteiger partial charge in [0, 0.05) is 58.3 Å². The highest BCUT2D eigenvalue weighted by atomic mass is 16.7. The van der Waals surface area contributed by atoms with Crippen LogP contribution in [0.3, 0.4) is 0 Å². The van der Waals surface area contributed by atoms with E-state index in [0.29, 0.717) is 41.0 Å². The van der Waals surface area contributed by atoms with E-state index >= 15 is 0 Å². The van der Waals surface area contributed by atoms with Crippen molar-refractivity contribution in [3.63, 3.8) is 0 Å². The second-order valence-electron chi connectivity index (χ2n) is 18.5. The van der Waals surface area contributed by atoms with E-state index in [0.717, 1.165) is 27.9 Å². The predicted molar refractivity (Wildman–Crippen MR) is 273 cm³/mol. The normalized spacial score (nSPS) is 24.4. The summed E-state index contributed by atoms with van der Waals surface area (Å²) < 4.78 is 68.0. The van der Waals surface area contributed by atoms with Gasteiger partial charge < -0.3 is 83.4 Å². The number of carbonyl (C=O) groups excluding carboxylic acids is 7. The highest BCUT2D eigenvalue weighted by Crippen LogP contribution is 2.70. The van der Waals surface area contributed by atoms with Crippen LogP contribution in [0, 0.1) is 5.92 Å². The number of fused-ring (bicyclic) bond motifs is 3. The predicted octanol–water partition coefficient (Wildman–Crippen LogP) is 3.57. The fraction of sp³-hybridized carbons (Fsp3) is 0.436. The monoisotopic (exact) mass is 1100 g/mol. The van der Waals surface area contributed by atoms with Crippen LogP contribution in [0.25, 0.3) is 0 Å². The van der Waals surface area contributed by atoms with Crippen LogP contribution < -0.4 is 40.1 Å². The molecule has 24 nitrogen and oxygen atoms in total. The minimum Gasteiger partial charge on any atom is -0.497 e. The zero-order chi connectivity index (χ0) is 57.2. The molecule has 4 aromatic rings. The number of nitrogens with one attached hydrogen (secondary N) is 2. The summed E-state index contributed by atoms with van der Waals surface area (Å²) in [4.78, 5) is 89.1. The molecular weight excluding hydrogens is 1040 g/mol. The highest BCUT2D eigenvalue weighted by molar-refractivity contribution is 5.92. The Bertz CT molecular complexity index is 2870. The first kappa shape index (κ1) is 58.5. The number of amides is 2. The number of methoxy groups -OCH3 is 4. The lowest BCUT2D eigenvalue weighted by molar-refractivity contribution is -0.282. The quantitative estimate of drug-likeness (QED) is 0.0427. The first-order chi connectivity index (χ1) is 37.8. The Balaban J connectivity index is 1.01. The summed E-state index contributed by atoms with van der Waals surface area (Å²) in [5.74, 6) is -6.26. The molecule has 0 radical (unpaired) electrons. The van der Waals surface area contributed by atoms with Crippen molar-refractivity contribution >= 4 is 47.5 Å². The first-order valence-corrected chi connectivity index (χ1v) is 25.0.